The van der Waals surface area contributed by atoms with Crippen LogP contribution in [0.25, 0.3) is 44.4 Å². The van der Waals surface area contributed by atoms with Crippen molar-refractivity contribution < 1.29 is 57.0 Å². The third-order valence-corrected chi connectivity index (χ3v) is 12.6. The zero-order valence-electron chi connectivity index (χ0n) is 37.9. The minimum absolute atomic E-state index is 0.0437. The number of hydrogen-bond acceptors (Lipinski definition) is 19. The number of aromatic amines is 1. The number of nitrogens with zero attached hydrogens (tertiary/aromatic N) is 7. The molecular weight excluding hydrogens is 981 g/mol. The number of benzene rings is 1. The number of rotatable bonds is 10. The van der Waals surface area contributed by atoms with Crippen molar-refractivity contribution in [1.82, 2.24) is 40.6 Å². The predicted molar refractivity (Wildman–Crippen MR) is 254 cm³/mol. The van der Waals surface area contributed by atoms with E-state index < -0.39 is 29.4 Å². The number of carboxylic acid groups (broad SMARTS) is 2. The predicted octanol–water partition coefficient (Wildman–Crippen LogP) is 9.71. The van der Waals surface area contributed by atoms with E-state index in [1.54, 1.807) is 24.3 Å². The van der Waals surface area contributed by atoms with Gasteiger partial charge < -0.3 is 43.1 Å². The average Bonchev–Trinajstić information content (AvgIpc) is 4.18. The van der Waals surface area contributed by atoms with Crippen LogP contribution in [0, 0.1) is 0 Å². The van der Waals surface area contributed by atoms with Gasteiger partial charge in [-0.1, -0.05) is 56.9 Å². The molecular formula is C48H39Cl2N9O13. The molecule has 0 aliphatic heterocycles. The van der Waals surface area contributed by atoms with Crippen LogP contribution in [0.5, 0.6) is 0 Å². The van der Waals surface area contributed by atoms with Crippen LogP contribution in [0.15, 0.2) is 77.5 Å². The summed E-state index contributed by atoms with van der Waals surface area (Å²) >= 11 is 11.6. The summed E-state index contributed by atoms with van der Waals surface area (Å²) in [5.41, 5.74) is 5.27. The van der Waals surface area contributed by atoms with Crippen molar-refractivity contribution in [3.8, 4) is 0 Å². The molecule has 4 N–H and O–H groups in total. The van der Waals surface area contributed by atoms with Crippen LogP contribution in [-0.4, -0.2) is 88.9 Å². The molecule has 4 aliphatic rings. The van der Waals surface area contributed by atoms with Crippen molar-refractivity contribution in [3.05, 3.63) is 120 Å². The molecule has 8 heterocycles. The van der Waals surface area contributed by atoms with Gasteiger partial charge in [0.2, 0.25) is 0 Å². The molecule has 4 saturated carbocycles. The lowest BCUT2D eigenvalue weighted by Crippen LogP contribution is -2.09. The molecule has 0 amide bonds. The van der Waals surface area contributed by atoms with Gasteiger partial charge in [-0.15, -0.1) is 0 Å². The highest BCUT2D eigenvalue weighted by molar-refractivity contribution is 6.35. The molecule has 8 aromatic heterocycles. The van der Waals surface area contributed by atoms with E-state index in [0.717, 1.165) is 79.8 Å². The molecule has 0 saturated heterocycles. The molecule has 72 heavy (non-hydrogen) atoms. The van der Waals surface area contributed by atoms with Gasteiger partial charge in [-0.3, -0.25) is 4.79 Å². The lowest BCUT2D eigenvalue weighted by molar-refractivity contribution is 0.0594. The quantitative estimate of drug-likeness (QED) is 0.0926. The molecule has 368 valence electrons. The van der Waals surface area contributed by atoms with Crippen LogP contribution >= 0.6 is 23.2 Å². The van der Waals surface area contributed by atoms with E-state index in [9.17, 15) is 29.1 Å². The second-order valence-electron chi connectivity index (χ2n) is 17.3. The van der Waals surface area contributed by atoms with Crippen LogP contribution in [0.1, 0.15) is 139 Å². The molecule has 0 unspecified atom stereocenters. The van der Waals surface area contributed by atoms with E-state index in [1.165, 1.54) is 14.2 Å². The van der Waals surface area contributed by atoms with Crippen molar-refractivity contribution in [3.63, 3.8) is 0 Å². The Labute approximate surface area is 413 Å². The Morgan fingerprint density at radius 1 is 0.569 bits per heavy atom. The number of anilines is 2. The summed E-state index contributed by atoms with van der Waals surface area (Å²) in [5.74, 6) is -1.21. The van der Waals surface area contributed by atoms with Crippen molar-refractivity contribution >= 4 is 103 Å². The maximum absolute atomic E-state index is 11.7. The van der Waals surface area contributed by atoms with Gasteiger partial charge in [-0.25, -0.2) is 39.1 Å². The van der Waals surface area contributed by atoms with Crippen LogP contribution < -0.4 is 10.9 Å². The fraction of sp³-hybridized carbons (Fsp3) is 0.292. The van der Waals surface area contributed by atoms with Crippen LogP contribution in [-0.2, 0) is 9.47 Å². The minimum atomic E-state index is -1.04. The molecule has 4 aliphatic carbocycles. The number of aromatic carboxylic acids is 2. The van der Waals surface area contributed by atoms with Gasteiger partial charge in [0.25, 0.3) is 28.4 Å². The van der Waals surface area contributed by atoms with Gasteiger partial charge in [-0.2, -0.15) is 5.16 Å². The number of pyridine rings is 4. The standard InChI is InChI=1S/C16H13N3O3.C11H9ClN2O3.C11H10N2O4.C10H7ClN2O3/c20-16(21)11-8-12(9-6-7-9)18-15-13(11)14(19-22-15)17-10-4-2-1-3-5-10;1-16-11(15)6-4-7(5-2-3-5)13-10-8(6)9(12)14-17-10;1-16-11(15)6-4-7(5-2-3-5)12-10-8(6)9(14)13-17-10;11-8-7-5(10(14)15)3-6(4-1-2-4)12-9(7)16-13-8/h1-5,8-9H,6-7H2,(H,17,19)(H,20,21);4-5H,2-3H2,1H3;4-5H,2-3H2,1H3,(H,13,14);3-4H,1-2H2,(H,14,15). The highest BCUT2D eigenvalue weighted by Crippen LogP contribution is 2.44. The van der Waals surface area contributed by atoms with Gasteiger partial charge >= 0.3 is 23.9 Å². The summed E-state index contributed by atoms with van der Waals surface area (Å²) in [4.78, 5) is 74.7. The van der Waals surface area contributed by atoms with Crippen LogP contribution in [0.2, 0.25) is 10.3 Å². The monoisotopic (exact) mass is 1020 g/mol. The van der Waals surface area contributed by atoms with E-state index in [0.29, 0.717) is 51.5 Å². The van der Waals surface area contributed by atoms with E-state index in [1.807, 2.05) is 30.3 Å². The molecule has 0 bridgehead atoms. The largest absolute Gasteiger partial charge is 0.478 e. The average molecular weight is 1020 g/mol. The molecule has 24 heteroatoms. The first-order valence-corrected chi connectivity index (χ1v) is 23.2. The number of carboxylic acids is 2. The van der Waals surface area contributed by atoms with Crippen LogP contribution in [0.4, 0.5) is 11.5 Å². The van der Waals surface area contributed by atoms with Gasteiger partial charge in [0.15, 0.2) is 16.1 Å². The van der Waals surface area contributed by atoms with Crippen molar-refractivity contribution in [2.24, 2.45) is 0 Å². The number of hydrogen-bond donors (Lipinski definition) is 4. The third-order valence-electron chi connectivity index (χ3n) is 12.1. The van der Waals surface area contributed by atoms with Crippen molar-refractivity contribution in [2.75, 3.05) is 19.5 Å². The Kier molecular flexibility index (Phi) is 12.9. The zero-order valence-corrected chi connectivity index (χ0v) is 39.4. The first-order chi connectivity index (χ1) is 34.8. The number of fused-ring (bicyclic) bond motifs is 4. The second kappa shape index (κ2) is 19.5. The molecule has 0 radical (unpaired) electrons. The smallest absolute Gasteiger partial charge is 0.338 e. The summed E-state index contributed by atoms with van der Waals surface area (Å²) in [6.07, 6.45) is 8.43. The number of aromatic nitrogens is 8. The van der Waals surface area contributed by atoms with E-state index in [-0.39, 0.29) is 54.9 Å². The second-order valence-corrected chi connectivity index (χ2v) is 18.0. The normalized spacial score (nSPS) is 14.9. The summed E-state index contributed by atoms with van der Waals surface area (Å²) in [5, 5.41) is 36.4. The van der Waals surface area contributed by atoms with Crippen molar-refractivity contribution in [2.45, 2.75) is 75.0 Å². The lowest BCUT2D eigenvalue weighted by Gasteiger charge is -2.04. The Hall–Kier alpha value is -8.24. The SMILES string of the molecule is COC(=O)c1cc(C2CC2)nc2o[nH]c(=O)c12.COC(=O)c1cc(C2CC2)nc2onc(Cl)c12.O=C(O)c1cc(C2CC2)nc2onc(Cl)c12.O=C(O)c1cc(C2CC2)nc2onc(Nc3ccccc3)c12. The summed E-state index contributed by atoms with van der Waals surface area (Å²) in [6, 6.07) is 15.9. The zero-order chi connectivity index (χ0) is 50.4. The van der Waals surface area contributed by atoms with Gasteiger partial charge in [0.1, 0.15) is 10.8 Å². The lowest BCUT2D eigenvalue weighted by atomic mass is 10.1. The van der Waals surface area contributed by atoms with Gasteiger partial charge in [0.05, 0.1) is 47.2 Å². The highest BCUT2D eigenvalue weighted by Gasteiger charge is 2.32. The maximum atomic E-state index is 11.7. The first-order valence-electron chi connectivity index (χ1n) is 22.5. The van der Waals surface area contributed by atoms with E-state index in [4.69, 9.17) is 51.1 Å². The highest BCUT2D eigenvalue weighted by atomic mass is 35.5. The Morgan fingerprint density at radius 2 is 0.958 bits per heavy atom. The summed E-state index contributed by atoms with van der Waals surface area (Å²) < 4.78 is 29.5. The number of carbonyl (C=O) groups excluding carboxylic acids is 2. The molecule has 13 rings (SSSR count). The Bertz CT molecular complexity index is 3650. The topological polar surface area (TPSA) is 315 Å². The number of para-hydroxylation sites is 1. The molecule has 4 fully saturated rings. The fourth-order valence-corrected chi connectivity index (χ4v) is 8.23. The van der Waals surface area contributed by atoms with Gasteiger partial charge in [-0.05, 0) is 87.8 Å². The molecule has 0 spiro atoms. The minimum Gasteiger partial charge on any atom is -0.478 e. The number of H-pyrrole nitrogens is 1. The Balaban J connectivity index is 0.000000111. The summed E-state index contributed by atoms with van der Waals surface area (Å²) in [7, 11) is 2.60. The van der Waals surface area contributed by atoms with E-state index in [2.05, 4.69) is 50.6 Å². The fourth-order valence-electron chi connectivity index (χ4n) is 7.80. The molecule has 9 aromatic rings. The van der Waals surface area contributed by atoms with Crippen molar-refractivity contribution in [1.29, 1.82) is 0 Å². The number of nitrogens with one attached hydrogen (secondary N) is 2. The summed E-state index contributed by atoms with van der Waals surface area (Å²) in [6.45, 7) is 0. The Morgan fingerprint density at radius 3 is 1.40 bits per heavy atom. The van der Waals surface area contributed by atoms with Gasteiger partial charge in [0, 0.05) is 52.1 Å². The number of halogens is 2. The van der Waals surface area contributed by atoms with Crippen LogP contribution in [0.3, 0.4) is 0 Å². The van der Waals surface area contributed by atoms with E-state index >= 15 is 0 Å². The number of esters is 2. The number of carbonyl (C=O) groups is 4. The maximum Gasteiger partial charge on any atom is 0.338 e. The third kappa shape index (κ3) is 9.90. The first kappa shape index (κ1) is 47.4. The molecule has 0 atom stereocenters. The molecule has 1 aromatic carbocycles. The molecule has 22 nitrogen and oxygen atoms in total. The number of ether oxygens (including phenoxy) is 2. The number of methoxy groups -OCH3 is 2.